The summed E-state index contributed by atoms with van der Waals surface area (Å²) in [7, 11) is 0. The van der Waals surface area contributed by atoms with Crippen molar-refractivity contribution >= 4 is 0 Å². The molecule has 18 heavy (non-hydrogen) atoms. The number of rotatable bonds is 4. The molecule has 1 aromatic carbocycles. The molecule has 0 aliphatic heterocycles. The summed E-state index contributed by atoms with van der Waals surface area (Å²) in [6, 6.07) is 4.47. The molecule has 1 aromatic rings. The van der Waals surface area contributed by atoms with Crippen LogP contribution in [0.3, 0.4) is 0 Å². The smallest absolute Gasteiger partial charge is 0.127 e. The van der Waals surface area contributed by atoms with E-state index in [0.29, 0.717) is 17.2 Å². The van der Waals surface area contributed by atoms with E-state index in [0.717, 1.165) is 12.8 Å². The monoisotopic (exact) mass is 252 g/mol. The molecule has 0 amide bonds. The lowest BCUT2D eigenvalue weighted by atomic mass is 9.85. The van der Waals surface area contributed by atoms with Gasteiger partial charge in [-0.05, 0) is 49.3 Å². The van der Waals surface area contributed by atoms with E-state index in [1.807, 2.05) is 0 Å². The fraction of sp³-hybridized carbons (Fsp3) is 0.600. The molecular formula is C15H21FO2. The van der Waals surface area contributed by atoms with Gasteiger partial charge in [-0.3, -0.25) is 0 Å². The van der Waals surface area contributed by atoms with Gasteiger partial charge in [0.2, 0.25) is 0 Å². The van der Waals surface area contributed by atoms with Crippen LogP contribution in [0.1, 0.15) is 44.6 Å². The van der Waals surface area contributed by atoms with E-state index in [1.54, 1.807) is 6.07 Å². The first-order chi connectivity index (χ1) is 8.72. The second-order valence-electron chi connectivity index (χ2n) is 5.06. The molecule has 2 nitrogen and oxygen atoms in total. The highest BCUT2D eigenvalue weighted by Crippen LogP contribution is 2.31. The van der Waals surface area contributed by atoms with Crippen molar-refractivity contribution in [2.45, 2.75) is 51.7 Å². The van der Waals surface area contributed by atoms with Crippen molar-refractivity contribution in [3.8, 4) is 5.75 Å². The van der Waals surface area contributed by atoms with Crippen LogP contribution in [0.4, 0.5) is 4.39 Å². The van der Waals surface area contributed by atoms with Gasteiger partial charge in [-0.1, -0.05) is 13.3 Å². The first-order valence-corrected chi connectivity index (χ1v) is 6.80. The minimum Gasteiger partial charge on any atom is -0.490 e. The van der Waals surface area contributed by atoms with Gasteiger partial charge in [-0.15, -0.1) is 0 Å². The highest BCUT2D eigenvalue weighted by atomic mass is 19.1. The Morgan fingerprint density at radius 1 is 1.28 bits per heavy atom. The number of hydrogen-bond donors (Lipinski definition) is 1. The Balaban J connectivity index is 2.09. The zero-order valence-corrected chi connectivity index (χ0v) is 10.9. The lowest BCUT2D eigenvalue weighted by Crippen LogP contribution is -2.29. The number of ether oxygens (including phenoxy) is 1. The highest BCUT2D eigenvalue weighted by molar-refractivity contribution is 5.29. The molecule has 100 valence electrons. The number of aliphatic hydroxyl groups excluding tert-OH is 1. The quantitative estimate of drug-likeness (QED) is 0.886. The van der Waals surface area contributed by atoms with E-state index in [9.17, 15) is 4.39 Å². The van der Waals surface area contributed by atoms with Crippen molar-refractivity contribution in [3.05, 3.63) is 29.6 Å². The predicted molar refractivity (Wildman–Crippen MR) is 69.0 cm³/mol. The summed E-state index contributed by atoms with van der Waals surface area (Å²) < 4.78 is 19.3. The molecule has 1 aliphatic carbocycles. The molecule has 0 saturated heterocycles. The van der Waals surface area contributed by atoms with Crippen molar-refractivity contribution in [1.29, 1.82) is 0 Å². The Kier molecular flexibility index (Phi) is 4.59. The van der Waals surface area contributed by atoms with Crippen molar-refractivity contribution in [2.24, 2.45) is 5.92 Å². The van der Waals surface area contributed by atoms with E-state index in [2.05, 4.69) is 6.92 Å². The summed E-state index contributed by atoms with van der Waals surface area (Å²) in [4.78, 5) is 0. The third-order valence-electron chi connectivity index (χ3n) is 3.76. The van der Waals surface area contributed by atoms with Gasteiger partial charge in [0, 0.05) is 6.07 Å². The average molecular weight is 252 g/mol. The van der Waals surface area contributed by atoms with Crippen LogP contribution in [-0.2, 0) is 6.61 Å². The minimum atomic E-state index is -0.347. The van der Waals surface area contributed by atoms with Gasteiger partial charge in [-0.2, -0.15) is 0 Å². The number of hydrogen-bond acceptors (Lipinski definition) is 2. The van der Waals surface area contributed by atoms with Gasteiger partial charge in [0.05, 0.1) is 6.61 Å². The van der Waals surface area contributed by atoms with Crippen LogP contribution in [0.25, 0.3) is 0 Å². The van der Waals surface area contributed by atoms with E-state index in [4.69, 9.17) is 9.84 Å². The Labute approximate surface area is 108 Å². The van der Waals surface area contributed by atoms with Crippen molar-refractivity contribution in [2.75, 3.05) is 0 Å². The highest BCUT2D eigenvalue weighted by Gasteiger charge is 2.25. The average Bonchev–Trinajstić information content (AvgIpc) is 2.38. The third kappa shape index (κ3) is 3.22. The van der Waals surface area contributed by atoms with Crippen LogP contribution >= 0.6 is 0 Å². The second-order valence-corrected chi connectivity index (χ2v) is 5.06. The van der Waals surface area contributed by atoms with Crippen LogP contribution < -0.4 is 4.74 Å². The molecule has 0 radical (unpaired) electrons. The van der Waals surface area contributed by atoms with Gasteiger partial charge in [0.15, 0.2) is 0 Å². The molecular weight excluding hydrogens is 231 g/mol. The van der Waals surface area contributed by atoms with Gasteiger partial charge < -0.3 is 9.84 Å². The Morgan fingerprint density at radius 2 is 2.06 bits per heavy atom. The van der Waals surface area contributed by atoms with Gasteiger partial charge in [0.25, 0.3) is 0 Å². The van der Waals surface area contributed by atoms with E-state index < -0.39 is 0 Å². The molecule has 1 aliphatic rings. The SMILES string of the molecule is CCC1CCCCC1Oc1cc(F)cc(CO)c1. The summed E-state index contributed by atoms with van der Waals surface area (Å²) in [5.74, 6) is 0.768. The topological polar surface area (TPSA) is 29.5 Å². The molecule has 0 bridgehead atoms. The van der Waals surface area contributed by atoms with Crippen molar-refractivity contribution < 1.29 is 14.2 Å². The maximum Gasteiger partial charge on any atom is 0.127 e. The van der Waals surface area contributed by atoms with Crippen molar-refractivity contribution in [3.63, 3.8) is 0 Å². The largest absolute Gasteiger partial charge is 0.490 e. The Hall–Kier alpha value is -1.09. The lowest BCUT2D eigenvalue weighted by molar-refractivity contribution is 0.0898. The molecule has 2 atom stereocenters. The summed E-state index contributed by atoms with van der Waals surface area (Å²) in [6.45, 7) is 2.02. The van der Waals surface area contributed by atoms with Gasteiger partial charge >= 0.3 is 0 Å². The number of halogens is 1. The van der Waals surface area contributed by atoms with E-state index in [1.165, 1.54) is 31.4 Å². The zero-order chi connectivity index (χ0) is 13.0. The molecule has 0 heterocycles. The van der Waals surface area contributed by atoms with Crippen LogP contribution in [0.5, 0.6) is 5.75 Å². The van der Waals surface area contributed by atoms with Crippen LogP contribution in [-0.4, -0.2) is 11.2 Å². The molecule has 0 aromatic heterocycles. The Morgan fingerprint density at radius 3 is 2.78 bits per heavy atom. The maximum atomic E-state index is 13.4. The molecule has 3 heteroatoms. The minimum absolute atomic E-state index is 0.157. The standard InChI is InChI=1S/C15H21FO2/c1-2-12-5-3-4-6-15(12)18-14-8-11(10-17)7-13(16)9-14/h7-9,12,15,17H,2-6,10H2,1H3. The van der Waals surface area contributed by atoms with Crippen LogP contribution in [0, 0.1) is 11.7 Å². The predicted octanol–water partition coefficient (Wildman–Crippen LogP) is 3.67. The van der Waals surface area contributed by atoms with Crippen LogP contribution in [0.15, 0.2) is 18.2 Å². The molecule has 1 N–H and O–H groups in total. The van der Waals surface area contributed by atoms with E-state index >= 15 is 0 Å². The first kappa shape index (κ1) is 13.3. The summed E-state index contributed by atoms with van der Waals surface area (Å²) in [6.07, 6.45) is 5.99. The second kappa shape index (κ2) is 6.19. The maximum absolute atomic E-state index is 13.4. The zero-order valence-electron chi connectivity index (χ0n) is 10.9. The fourth-order valence-electron chi connectivity index (χ4n) is 2.75. The number of benzene rings is 1. The summed E-state index contributed by atoms with van der Waals surface area (Å²) >= 11 is 0. The Bertz CT molecular complexity index is 392. The lowest BCUT2D eigenvalue weighted by Gasteiger charge is -2.31. The number of aliphatic hydroxyl groups is 1. The first-order valence-electron chi connectivity index (χ1n) is 6.80. The van der Waals surface area contributed by atoms with Crippen LogP contribution in [0.2, 0.25) is 0 Å². The van der Waals surface area contributed by atoms with Gasteiger partial charge in [-0.25, -0.2) is 4.39 Å². The van der Waals surface area contributed by atoms with E-state index in [-0.39, 0.29) is 18.5 Å². The molecule has 1 fully saturated rings. The normalized spacial score (nSPS) is 23.9. The fourth-order valence-corrected chi connectivity index (χ4v) is 2.75. The molecule has 2 rings (SSSR count). The molecule has 2 unspecified atom stereocenters. The third-order valence-corrected chi connectivity index (χ3v) is 3.76. The summed E-state index contributed by atoms with van der Waals surface area (Å²) in [5.41, 5.74) is 0.564. The van der Waals surface area contributed by atoms with Crippen molar-refractivity contribution in [1.82, 2.24) is 0 Å². The molecule has 1 saturated carbocycles. The summed E-state index contributed by atoms with van der Waals surface area (Å²) in [5, 5.41) is 9.07. The van der Waals surface area contributed by atoms with Gasteiger partial charge in [0.1, 0.15) is 17.7 Å². The molecule has 0 spiro atoms.